The number of hydrazine groups is 1. The maximum absolute atomic E-state index is 13.7. The van der Waals surface area contributed by atoms with E-state index in [1.165, 1.54) is 12.1 Å². The normalized spacial score (nSPS) is 23.2. The molecule has 2 fully saturated rings. The van der Waals surface area contributed by atoms with Crippen LogP contribution in [0.25, 0.3) is 0 Å². The Morgan fingerprint density at radius 1 is 0.970 bits per heavy atom. The molecule has 2 aromatic carbocycles. The third kappa shape index (κ3) is 4.32. The zero-order valence-corrected chi connectivity index (χ0v) is 19.5. The number of ketones is 1. The van der Waals surface area contributed by atoms with Crippen LogP contribution < -0.4 is 0 Å². The van der Waals surface area contributed by atoms with Gasteiger partial charge in [0.05, 0.1) is 11.8 Å². The number of Topliss-reactive ketones (excluding diaryl/α,β-unsaturated/α-hetero) is 1. The molecule has 4 rings (SSSR count). The summed E-state index contributed by atoms with van der Waals surface area (Å²) in [6.45, 7) is 3.84. The molecular formula is C26H27ClN2O4. The minimum absolute atomic E-state index is 0.246. The van der Waals surface area contributed by atoms with E-state index in [0.29, 0.717) is 29.3 Å². The van der Waals surface area contributed by atoms with Gasteiger partial charge in [0.2, 0.25) is 0 Å². The Bertz CT molecular complexity index is 1070. The topological polar surface area (TPSA) is 74.8 Å². The van der Waals surface area contributed by atoms with Crippen LogP contribution in [0.4, 0.5) is 0 Å². The summed E-state index contributed by atoms with van der Waals surface area (Å²) in [7, 11) is 0. The molecule has 1 saturated heterocycles. The maximum atomic E-state index is 13.7. The molecule has 3 amide bonds. The van der Waals surface area contributed by atoms with Crippen molar-refractivity contribution in [3.63, 3.8) is 0 Å². The highest BCUT2D eigenvalue weighted by atomic mass is 35.5. The largest absolute Gasteiger partial charge is 0.292 e. The third-order valence-electron chi connectivity index (χ3n) is 6.72. The standard InChI is InChI=1S/C26H27ClN2O4/c1-3-22(23(30)17-7-5-4-6-8-17)28(24(31)18-10-12-19(27)13-11-18)29-25(32)20-14-9-16(2)15-21(20)26(29)33/h4-8,10-13,16,20-22H,3,9,14-15H2,1-2H3/t16-,20-,21-,22-/m1/s1. The van der Waals surface area contributed by atoms with Crippen LogP contribution >= 0.6 is 11.6 Å². The monoisotopic (exact) mass is 466 g/mol. The van der Waals surface area contributed by atoms with Gasteiger partial charge < -0.3 is 0 Å². The zero-order chi connectivity index (χ0) is 23.7. The van der Waals surface area contributed by atoms with E-state index in [2.05, 4.69) is 6.92 Å². The summed E-state index contributed by atoms with van der Waals surface area (Å²) in [6.07, 6.45) is 2.33. The van der Waals surface area contributed by atoms with Crippen LogP contribution in [0, 0.1) is 17.8 Å². The molecule has 0 radical (unpaired) electrons. The molecule has 0 bridgehead atoms. The van der Waals surface area contributed by atoms with Crippen molar-refractivity contribution in [3.05, 3.63) is 70.7 Å². The van der Waals surface area contributed by atoms with Gasteiger partial charge in [-0.2, -0.15) is 5.01 Å². The minimum Gasteiger partial charge on any atom is -0.292 e. The summed E-state index contributed by atoms with van der Waals surface area (Å²) in [6, 6.07) is 13.9. The van der Waals surface area contributed by atoms with Crippen molar-refractivity contribution in [1.29, 1.82) is 0 Å². The fourth-order valence-electron chi connectivity index (χ4n) is 4.95. The second kappa shape index (κ2) is 9.48. The fraction of sp³-hybridized carbons (Fsp3) is 0.385. The van der Waals surface area contributed by atoms with Crippen LogP contribution in [0.5, 0.6) is 0 Å². The van der Waals surface area contributed by atoms with Gasteiger partial charge >= 0.3 is 0 Å². The first kappa shape index (κ1) is 23.2. The van der Waals surface area contributed by atoms with Crippen molar-refractivity contribution < 1.29 is 19.2 Å². The highest BCUT2D eigenvalue weighted by Crippen LogP contribution is 2.42. The Hall–Kier alpha value is -2.99. The predicted octanol–water partition coefficient (Wildman–Crippen LogP) is 4.78. The molecule has 2 aromatic rings. The fourth-order valence-corrected chi connectivity index (χ4v) is 5.07. The Morgan fingerprint density at radius 2 is 1.61 bits per heavy atom. The lowest BCUT2D eigenvalue weighted by atomic mass is 9.76. The molecule has 0 unspecified atom stereocenters. The maximum Gasteiger partial charge on any atom is 0.273 e. The molecular weight excluding hydrogens is 440 g/mol. The van der Waals surface area contributed by atoms with E-state index in [9.17, 15) is 19.2 Å². The number of fused-ring (bicyclic) bond motifs is 1. The first-order valence-electron chi connectivity index (χ1n) is 11.4. The second-order valence-electron chi connectivity index (χ2n) is 8.93. The van der Waals surface area contributed by atoms with Gasteiger partial charge in [0.25, 0.3) is 17.7 Å². The number of hydrogen-bond donors (Lipinski definition) is 0. The zero-order valence-electron chi connectivity index (χ0n) is 18.7. The molecule has 6 nitrogen and oxygen atoms in total. The van der Waals surface area contributed by atoms with E-state index in [1.54, 1.807) is 49.4 Å². The summed E-state index contributed by atoms with van der Waals surface area (Å²) in [5, 5.41) is 2.53. The summed E-state index contributed by atoms with van der Waals surface area (Å²) in [5.74, 6) is -2.24. The average molecular weight is 467 g/mol. The molecule has 1 aliphatic carbocycles. The number of halogens is 1. The van der Waals surface area contributed by atoms with Crippen LogP contribution in [0.15, 0.2) is 54.6 Å². The molecule has 0 N–H and O–H groups in total. The Kier molecular flexibility index (Phi) is 6.66. The van der Waals surface area contributed by atoms with Crippen molar-refractivity contribution in [2.45, 2.75) is 45.6 Å². The number of imide groups is 1. The molecule has 0 aromatic heterocycles. The van der Waals surface area contributed by atoms with Crippen LogP contribution in [-0.2, 0) is 9.59 Å². The quantitative estimate of drug-likeness (QED) is 0.453. The molecule has 1 aliphatic heterocycles. The van der Waals surface area contributed by atoms with E-state index >= 15 is 0 Å². The number of benzene rings is 2. The summed E-state index contributed by atoms with van der Waals surface area (Å²) >= 11 is 5.99. The smallest absolute Gasteiger partial charge is 0.273 e. The van der Waals surface area contributed by atoms with Crippen LogP contribution in [0.3, 0.4) is 0 Å². The van der Waals surface area contributed by atoms with Gasteiger partial charge in [0.1, 0.15) is 6.04 Å². The van der Waals surface area contributed by atoms with Crippen LogP contribution in [-0.4, -0.2) is 39.6 Å². The van der Waals surface area contributed by atoms with Crippen molar-refractivity contribution in [2.75, 3.05) is 0 Å². The lowest BCUT2D eigenvalue weighted by molar-refractivity contribution is -0.156. The third-order valence-corrected chi connectivity index (χ3v) is 6.97. The number of rotatable bonds is 6. The molecule has 4 atom stereocenters. The van der Waals surface area contributed by atoms with Gasteiger partial charge in [-0.1, -0.05) is 55.8 Å². The first-order chi connectivity index (χ1) is 15.8. The summed E-state index contributed by atoms with van der Waals surface area (Å²) in [4.78, 5) is 54.1. The molecule has 1 saturated carbocycles. The van der Waals surface area contributed by atoms with E-state index in [-0.39, 0.29) is 17.8 Å². The number of nitrogens with zero attached hydrogens (tertiary/aromatic N) is 2. The van der Waals surface area contributed by atoms with Crippen molar-refractivity contribution in [3.8, 4) is 0 Å². The predicted molar refractivity (Wildman–Crippen MR) is 124 cm³/mol. The van der Waals surface area contributed by atoms with E-state index < -0.39 is 35.6 Å². The molecule has 1 heterocycles. The highest BCUT2D eigenvalue weighted by molar-refractivity contribution is 6.30. The molecule has 33 heavy (non-hydrogen) atoms. The lowest BCUT2D eigenvalue weighted by Crippen LogP contribution is -2.57. The van der Waals surface area contributed by atoms with Crippen molar-refractivity contribution in [1.82, 2.24) is 10.0 Å². The minimum atomic E-state index is -0.999. The lowest BCUT2D eigenvalue weighted by Gasteiger charge is -2.36. The first-order valence-corrected chi connectivity index (χ1v) is 11.8. The van der Waals surface area contributed by atoms with Crippen LogP contribution in [0.2, 0.25) is 5.02 Å². The molecule has 7 heteroatoms. The number of carbonyl (C=O) groups is 4. The van der Waals surface area contributed by atoms with Gasteiger partial charge in [0.15, 0.2) is 5.78 Å². The number of hydrogen-bond acceptors (Lipinski definition) is 4. The SMILES string of the molecule is CC[C@H](C(=O)c1ccccc1)N(C(=O)c1ccc(Cl)cc1)N1C(=O)[C@@H]2CC[C@@H](C)C[C@H]2C1=O. The van der Waals surface area contributed by atoms with Gasteiger partial charge in [0, 0.05) is 16.1 Å². The van der Waals surface area contributed by atoms with Gasteiger partial charge in [-0.25, -0.2) is 5.01 Å². The highest BCUT2D eigenvalue weighted by Gasteiger charge is 2.54. The average Bonchev–Trinajstić information content (AvgIpc) is 3.06. The van der Waals surface area contributed by atoms with Gasteiger partial charge in [-0.3, -0.25) is 19.2 Å². The Balaban J connectivity index is 1.78. The van der Waals surface area contributed by atoms with Crippen LogP contribution in [0.1, 0.15) is 60.2 Å². The van der Waals surface area contributed by atoms with Crippen molar-refractivity contribution in [2.24, 2.45) is 17.8 Å². The van der Waals surface area contributed by atoms with Gasteiger partial charge in [-0.05, 0) is 55.9 Å². The Morgan fingerprint density at radius 3 is 2.24 bits per heavy atom. The molecule has 0 spiro atoms. The number of amides is 3. The summed E-state index contributed by atoms with van der Waals surface area (Å²) < 4.78 is 0. The second-order valence-corrected chi connectivity index (χ2v) is 9.37. The summed E-state index contributed by atoms with van der Waals surface area (Å²) in [5.41, 5.74) is 0.672. The molecule has 172 valence electrons. The Labute approximate surface area is 198 Å². The molecule has 2 aliphatic rings. The van der Waals surface area contributed by atoms with E-state index in [4.69, 9.17) is 11.6 Å². The number of carbonyl (C=O) groups excluding carboxylic acids is 4. The van der Waals surface area contributed by atoms with Crippen molar-refractivity contribution >= 4 is 35.1 Å². The van der Waals surface area contributed by atoms with E-state index in [0.717, 1.165) is 16.4 Å². The van der Waals surface area contributed by atoms with Gasteiger partial charge in [-0.15, -0.1) is 0 Å². The van der Waals surface area contributed by atoms with E-state index in [1.807, 2.05) is 0 Å².